The molecule has 62 valence electrons. The summed E-state index contributed by atoms with van der Waals surface area (Å²) in [6, 6.07) is 8.43. The Balaban J connectivity index is 2.19. The molecule has 1 aromatic rings. The molecule has 0 bridgehead atoms. The molecule has 12 heavy (non-hydrogen) atoms. The minimum Gasteiger partial charge on any atom is -0.396 e. The standard InChI is InChI=1S/C11H12O/c12-7-3-5-10-8-9-4-1-2-6-11(9)10/h1-2,4-6,12H,3,7-8H2/b10-5+. The number of hydrogen-bond acceptors (Lipinski definition) is 1. The molecule has 0 saturated heterocycles. The molecule has 0 spiro atoms. The van der Waals surface area contributed by atoms with Gasteiger partial charge >= 0.3 is 0 Å². The Kier molecular flexibility index (Phi) is 1.96. The number of rotatable bonds is 2. The molecule has 0 amide bonds. The van der Waals surface area contributed by atoms with E-state index in [1.807, 2.05) is 0 Å². The zero-order chi connectivity index (χ0) is 8.39. The maximum Gasteiger partial charge on any atom is 0.0465 e. The van der Waals surface area contributed by atoms with Gasteiger partial charge in [-0.1, -0.05) is 30.3 Å². The fraction of sp³-hybridized carbons (Fsp3) is 0.273. The molecule has 1 aliphatic rings. The van der Waals surface area contributed by atoms with Crippen molar-refractivity contribution in [2.24, 2.45) is 0 Å². The summed E-state index contributed by atoms with van der Waals surface area (Å²) in [6.45, 7) is 0.256. The molecule has 0 atom stereocenters. The number of allylic oxidation sites excluding steroid dienone is 1. The third-order valence-electron chi connectivity index (χ3n) is 2.26. The lowest BCUT2D eigenvalue weighted by Gasteiger charge is -2.22. The average Bonchev–Trinajstić information content (AvgIpc) is 2.07. The SMILES string of the molecule is OCC/C=C1\Cc2ccccc21. The molecule has 0 heterocycles. The third kappa shape index (κ3) is 1.16. The van der Waals surface area contributed by atoms with Crippen LogP contribution in [0.5, 0.6) is 0 Å². The van der Waals surface area contributed by atoms with Crippen molar-refractivity contribution in [3.8, 4) is 0 Å². The molecule has 1 N–H and O–H groups in total. The van der Waals surface area contributed by atoms with Gasteiger partial charge in [0.05, 0.1) is 0 Å². The van der Waals surface area contributed by atoms with E-state index < -0.39 is 0 Å². The van der Waals surface area contributed by atoms with Crippen molar-refractivity contribution in [1.29, 1.82) is 0 Å². The van der Waals surface area contributed by atoms with E-state index in [1.54, 1.807) is 0 Å². The lowest BCUT2D eigenvalue weighted by molar-refractivity contribution is 0.302. The predicted molar refractivity (Wildman–Crippen MR) is 49.8 cm³/mol. The van der Waals surface area contributed by atoms with Crippen LogP contribution >= 0.6 is 0 Å². The van der Waals surface area contributed by atoms with Gasteiger partial charge in [-0.15, -0.1) is 0 Å². The monoisotopic (exact) mass is 160 g/mol. The van der Waals surface area contributed by atoms with Gasteiger partial charge in [0.1, 0.15) is 0 Å². The molecule has 1 heteroatoms. The van der Waals surface area contributed by atoms with Crippen LogP contribution in [0.4, 0.5) is 0 Å². The highest BCUT2D eigenvalue weighted by molar-refractivity contribution is 5.79. The van der Waals surface area contributed by atoms with Gasteiger partial charge in [-0.05, 0) is 29.5 Å². The van der Waals surface area contributed by atoms with Crippen molar-refractivity contribution in [2.75, 3.05) is 6.61 Å². The Hall–Kier alpha value is -1.08. The zero-order valence-electron chi connectivity index (χ0n) is 6.96. The number of aliphatic hydroxyl groups excluding tert-OH is 1. The first-order valence-corrected chi connectivity index (χ1v) is 4.30. The van der Waals surface area contributed by atoms with Crippen molar-refractivity contribution in [3.63, 3.8) is 0 Å². The number of fused-ring (bicyclic) bond motifs is 1. The van der Waals surface area contributed by atoms with Gasteiger partial charge in [0, 0.05) is 6.61 Å². The molecule has 1 aromatic carbocycles. The van der Waals surface area contributed by atoms with Gasteiger partial charge < -0.3 is 5.11 Å². The number of aliphatic hydroxyl groups is 1. The summed E-state index contributed by atoms with van der Waals surface area (Å²) in [5.41, 5.74) is 4.19. The maximum absolute atomic E-state index is 8.64. The molecule has 0 unspecified atom stereocenters. The lowest BCUT2D eigenvalue weighted by atomic mass is 9.83. The Morgan fingerprint density at radius 1 is 1.33 bits per heavy atom. The highest BCUT2D eigenvalue weighted by Crippen LogP contribution is 2.33. The van der Waals surface area contributed by atoms with E-state index in [4.69, 9.17) is 5.11 Å². The molecule has 2 rings (SSSR count). The maximum atomic E-state index is 8.64. The van der Waals surface area contributed by atoms with Crippen LogP contribution in [0.25, 0.3) is 5.57 Å². The van der Waals surface area contributed by atoms with E-state index >= 15 is 0 Å². The second-order valence-electron chi connectivity index (χ2n) is 3.08. The molecule has 0 aromatic heterocycles. The van der Waals surface area contributed by atoms with Crippen LogP contribution in [-0.2, 0) is 6.42 Å². The molecule has 1 aliphatic carbocycles. The quantitative estimate of drug-likeness (QED) is 0.701. The highest BCUT2D eigenvalue weighted by Gasteiger charge is 2.16. The third-order valence-corrected chi connectivity index (χ3v) is 2.26. The molecule has 0 radical (unpaired) electrons. The largest absolute Gasteiger partial charge is 0.396 e. The minimum atomic E-state index is 0.256. The van der Waals surface area contributed by atoms with Crippen LogP contribution in [0.1, 0.15) is 17.5 Å². The topological polar surface area (TPSA) is 20.2 Å². The van der Waals surface area contributed by atoms with Crippen molar-refractivity contribution in [2.45, 2.75) is 12.8 Å². The van der Waals surface area contributed by atoms with E-state index in [0.717, 1.165) is 12.8 Å². The second-order valence-corrected chi connectivity index (χ2v) is 3.08. The van der Waals surface area contributed by atoms with E-state index in [-0.39, 0.29) is 6.61 Å². The van der Waals surface area contributed by atoms with Crippen molar-refractivity contribution in [3.05, 3.63) is 41.5 Å². The predicted octanol–water partition coefficient (Wildman–Crippen LogP) is 2.01. The van der Waals surface area contributed by atoms with Gasteiger partial charge in [-0.2, -0.15) is 0 Å². The van der Waals surface area contributed by atoms with Crippen LogP contribution in [-0.4, -0.2) is 11.7 Å². The van der Waals surface area contributed by atoms with Crippen molar-refractivity contribution >= 4 is 5.57 Å². The summed E-state index contributed by atoms with van der Waals surface area (Å²) in [5, 5.41) is 8.64. The first-order chi connectivity index (χ1) is 5.92. The molecular weight excluding hydrogens is 148 g/mol. The number of hydrogen-bond donors (Lipinski definition) is 1. The van der Waals surface area contributed by atoms with Gasteiger partial charge in [0.15, 0.2) is 0 Å². The average molecular weight is 160 g/mol. The molecule has 0 aliphatic heterocycles. The van der Waals surface area contributed by atoms with E-state index in [2.05, 4.69) is 30.3 Å². The van der Waals surface area contributed by atoms with Crippen LogP contribution in [0.3, 0.4) is 0 Å². The summed E-state index contributed by atoms with van der Waals surface area (Å²) in [7, 11) is 0. The van der Waals surface area contributed by atoms with E-state index in [9.17, 15) is 0 Å². The smallest absolute Gasteiger partial charge is 0.0465 e. The summed E-state index contributed by atoms with van der Waals surface area (Å²) in [5.74, 6) is 0. The summed E-state index contributed by atoms with van der Waals surface area (Å²) >= 11 is 0. The van der Waals surface area contributed by atoms with Gasteiger partial charge in [0.25, 0.3) is 0 Å². The van der Waals surface area contributed by atoms with E-state index in [0.29, 0.717) is 0 Å². The van der Waals surface area contributed by atoms with Crippen molar-refractivity contribution in [1.82, 2.24) is 0 Å². The molecule has 0 fully saturated rings. The lowest BCUT2D eigenvalue weighted by Crippen LogP contribution is -2.06. The van der Waals surface area contributed by atoms with Gasteiger partial charge in [-0.25, -0.2) is 0 Å². The van der Waals surface area contributed by atoms with Crippen LogP contribution in [0, 0.1) is 0 Å². The summed E-state index contributed by atoms with van der Waals surface area (Å²) in [4.78, 5) is 0. The Labute approximate surface area is 72.4 Å². The van der Waals surface area contributed by atoms with Crippen LogP contribution < -0.4 is 0 Å². The zero-order valence-corrected chi connectivity index (χ0v) is 6.96. The fourth-order valence-corrected chi connectivity index (χ4v) is 1.60. The highest BCUT2D eigenvalue weighted by atomic mass is 16.2. The summed E-state index contributed by atoms with van der Waals surface area (Å²) < 4.78 is 0. The van der Waals surface area contributed by atoms with Gasteiger partial charge in [-0.3, -0.25) is 0 Å². The fourth-order valence-electron chi connectivity index (χ4n) is 1.60. The molecule has 1 nitrogen and oxygen atoms in total. The first kappa shape index (κ1) is 7.56. The second kappa shape index (κ2) is 3.11. The number of benzene rings is 1. The molecule has 0 saturated carbocycles. The Morgan fingerprint density at radius 2 is 2.17 bits per heavy atom. The van der Waals surface area contributed by atoms with Crippen LogP contribution in [0.15, 0.2) is 30.3 Å². The molecular formula is C11H12O. The Bertz CT molecular complexity index is 313. The van der Waals surface area contributed by atoms with Crippen molar-refractivity contribution < 1.29 is 5.11 Å². The summed E-state index contributed by atoms with van der Waals surface area (Å²) in [6.07, 6.45) is 3.99. The normalized spacial score (nSPS) is 17.2. The first-order valence-electron chi connectivity index (χ1n) is 4.30. The Morgan fingerprint density at radius 3 is 2.92 bits per heavy atom. The minimum absolute atomic E-state index is 0.256. The van der Waals surface area contributed by atoms with Gasteiger partial charge in [0.2, 0.25) is 0 Å². The van der Waals surface area contributed by atoms with E-state index in [1.165, 1.54) is 16.7 Å². The van der Waals surface area contributed by atoms with Crippen LogP contribution in [0.2, 0.25) is 0 Å².